The predicted molar refractivity (Wildman–Crippen MR) is 80.4 cm³/mol. The van der Waals surface area contributed by atoms with Gasteiger partial charge in [0.1, 0.15) is 0 Å². The number of carbonyl (C=O) groups is 1. The SMILES string of the molecule is CC(NC(C)c1ccsc1)C(=O)N1CCCCCC1. The van der Waals surface area contributed by atoms with Crippen molar-refractivity contribution in [2.24, 2.45) is 0 Å². The van der Waals surface area contributed by atoms with Crippen LogP contribution in [0.25, 0.3) is 0 Å². The Labute approximate surface area is 120 Å². The molecule has 1 saturated heterocycles. The highest BCUT2D eigenvalue weighted by Gasteiger charge is 2.22. The first-order chi connectivity index (χ1) is 9.18. The summed E-state index contributed by atoms with van der Waals surface area (Å²) in [6.07, 6.45) is 4.82. The minimum Gasteiger partial charge on any atom is -0.341 e. The van der Waals surface area contributed by atoms with Gasteiger partial charge in [0.15, 0.2) is 0 Å². The van der Waals surface area contributed by atoms with Gasteiger partial charge in [0.2, 0.25) is 5.91 Å². The maximum absolute atomic E-state index is 12.4. The van der Waals surface area contributed by atoms with E-state index in [1.54, 1.807) is 11.3 Å². The number of hydrogen-bond acceptors (Lipinski definition) is 3. The average molecular weight is 280 g/mol. The van der Waals surface area contributed by atoms with Gasteiger partial charge in [-0.3, -0.25) is 10.1 Å². The molecule has 1 aliphatic rings. The molecule has 2 rings (SSSR count). The van der Waals surface area contributed by atoms with Crippen molar-refractivity contribution in [1.82, 2.24) is 10.2 Å². The lowest BCUT2D eigenvalue weighted by Crippen LogP contribution is -2.45. The summed E-state index contributed by atoms with van der Waals surface area (Å²) in [7, 11) is 0. The summed E-state index contributed by atoms with van der Waals surface area (Å²) >= 11 is 1.70. The Morgan fingerprint density at radius 2 is 1.95 bits per heavy atom. The van der Waals surface area contributed by atoms with E-state index in [1.165, 1.54) is 18.4 Å². The van der Waals surface area contributed by atoms with Crippen molar-refractivity contribution in [2.45, 2.75) is 51.6 Å². The molecular weight excluding hydrogens is 256 g/mol. The smallest absolute Gasteiger partial charge is 0.239 e. The molecule has 3 nitrogen and oxygen atoms in total. The highest BCUT2D eigenvalue weighted by Crippen LogP contribution is 2.17. The lowest BCUT2D eigenvalue weighted by Gasteiger charge is -2.26. The molecule has 1 aliphatic heterocycles. The van der Waals surface area contributed by atoms with E-state index in [4.69, 9.17) is 0 Å². The number of rotatable bonds is 4. The van der Waals surface area contributed by atoms with Gasteiger partial charge in [-0.1, -0.05) is 12.8 Å². The van der Waals surface area contributed by atoms with Gasteiger partial charge in [-0.15, -0.1) is 0 Å². The minimum atomic E-state index is -0.104. The summed E-state index contributed by atoms with van der Waals surface area (Å²) in [5.74, 6) is 0.254. The molecule has 1 aromatic rings. The maximum atomic E-state index is 12.4. The largest absolute Gasteiger partial charge is 0.341 e. The van der Waals surface area contributed by atoms with Crippen LogP contribution in [0.1, 0.15) is 51.1 Å². The van der Waals surface area contributed by atoms with E-state index < -0.39 is 0 Å². The van der Waals surface area contributed by atoms with E-state index in [9.17, 15) is 4.79 Å². The van der Waals surface area contributed by atoms with Crippen molar-refractivity contribution in [3.63, 3.8) is 0 Å². The van der Waals surface area contributed by atoms with Crippen molar-refractivity contribution >= 4 is 17.2 Å². The van der Waals surface area contributed by atoms with Crippen LogP contribution in [-0.4, -0.2) is 29.9 Å². The zero-order valence-corrected chi connectivity index (χ0v) is 12.7. The van der Waals surface area contributed by atoms with Crippen LogP contribution in [0.5, 0.6) is 0 Å². The number of likely N-dealkylation sites (tertiary alicyclic amines) is 1. The fraction of sp³-hybridized carbons (Fsp3) is 0.667. The quantitative estimate of drug-likeness (QED) is 0.918. The summed E-state index contributed by atoms with van der Waals surface area (Å²) in [5.41, 5.74) is 1.26. The van der Waals surface area contributed by atoms with Crippen molar-refractivity contribution < 1.29 is 4.79 Å². The standard InChI is InChI=1S/C15H24N2OS/c1-12(14-7-10-19-11-14)16-13(2)15(18)17-8-5-3-4-6-9-17/h7,10-13,16H,3-6,8-9H2,1-2H3. The second kappa shape index (κ2) is 7.06. The number of hydrogen-bond donors (Lipinski definition) is 1. The average Bonchev–Trinajstić information content (AvgIpc) is 2.81. The molecule has 0 aliphatic carbocycles. The van der Waals surface area contributed by atoms with Gasteiger partial charge in [0.05, 0.1) is 6.04 Å². The fourth-order valence-corrected chi connectivity index (χ4v) is 3.38. The van der Waals surface area contributed by atoms with Crippen LogP contribution in [0.4, 0.5) is 0 Å². The van der Waals surface area contributed by atoms with Crippen LogP contribution in [0.3, 0.4) is 0 Å². The zero-order chi connectivity index (χ0) is 13.7. The summed E-state index contributed by atoms with van der Waals surface area (Å²) < 4.78 is 0. The van der Waals surface area contributed by atoms with E-state index in [2.05, 4.69) is 29.1 Å². The van der Waals surface area contributed by atoms with Crippen molar-refractivity contribution in [2.75, 3.05) is 13.1 Å². The molecule has 1 amide bonds. The molecule has 4 heteroatoms. The van der Waals surface area contributed by atoms with Gasteiger partial charge < -0.3 is 4.90 Å². The molecule has 2 unspecified atom stereocenters. The molecule has 0 aromatic carbocycles. The van der Waals surface area contributed by atoms with Crippen LogP contribution in [0.2, 0.25) is 0 Å². The number of carbonyl (C=O) groups excluding carboxylic acids is 1. The zero-order valence-electron chi connectivity index (χ0n) is 11.9. The predicted octanol–water partition coefficient (Wildman–Crippen LogP) is 3.19. The van der Waals surface area contributed by atoms with Crippen molar-refractivity contribution in [3.05, 3.63) is 22.4 Å². The van der Waals surface area contributed by atoms with E-state index in [1.807, 2.05) is 11.8 Å². The number of nitrogens with zero attached hydrogens (tertiary/aromatic N) is 1. The Hall–Kier alpha value is -0.870. The first-order valence-electron chi connectivity index (χ1n) is 7.25. The number of nitrogens with one attached hydrogen (secondary N) is 1. The third-order valence-electron chi connectivity index (χ3n) is 3.83. The highest BCUT2D eigenvalue weighted by atomic mass is 32.1. The van der Waals surface area contributed by atoms with Gasteiger partial charge in [-0.05, 0) is 49.1 Å². The second-order valence-corrected chi connectivity index (χ2v) is 6.19. The second-order valence-electron chi connectivity index (χ2n) is 5.41. The van der Waals surface area contributed by atoms with Gasteiger partial charge in [0.25, 0.3) is 0 Å². The Kier molecular flexibility index (Phi) is 5.40. The Morgan fingerprint density at radius 1 is 1.26 bits per heavy atom. The van der Waals surface area contributed by atoms with Crippen LogP contribution >= 0.6 is 11.3 Å². The lowest BCUT2D eigenvalue weighted by atomic mass is 10.1. The molecule has 2 heterocycles. The molecular formula is C15H24N2OS. The topological polar surface area (TPSA) is 32.3 Å². The number of thiophene rings is 1. The van der Waals surface area contributed by atoms with Crippen LogP contribution in [-0.2, 0) is 4.79 Å². The van der Waals surface area contributed by atoms with Crippen LogP contribution < -0.4 is 5.32 Å². The summed E-state index contributed by atoms with van der Waals surface area (Å²) in [5, 5.41) is 7.63. The third kappa shape index (κ3) is 4.05. The normalized spacial score (nSPS) is 19.8. The third-order valence-corrected chi connectivity index (χ3v) is 4.53. The van der Waals surface area contributed by atoms with Gasteiger partial charge >= 0.3 is 0 Å². The molecule has 0 bridgehead atoms. The molecule has 0 spiro atoms. The molecule has 106 valence electrons. The molecule has 1 aromatic heterocycles. The molecule has 2 atom stereocenters. The van der Waals surface area contributed by atoms with Crippen LogP contribution in [0, 0.1) is 0 Å². The van der Waals surface area contributed by atoms with E-state index in [-0.39, 0.29) is 18.0 Å². The highest BCUT2D eigenvalue weighted by molar-refractivity contribution is 7.07. The first kappa shape index (κ1) is 14.5. The molecule has 1 fully saturated rings. The minimum absolute atomic E-state index is 0.104. The molecule has 0 saturated carbocycles. The van der Waals surface area contributed by atoms with Crippen molar-refractivity contribution in [3.8, 4) is 0 Å². The molecule has 0 radical (unpaired) electrons. The van der Waals surface area contributed by atoms with E-state index >= 15 is 0 Å². The Balaban J connectivity index is 1.87. The fourth-order valence-electron chi connectivity index (χ4n) is 2.63. The summed E-state index contributed by atoms with van der Waals surface area (Å²) in [6.45, 7) is 5.96. The summed E-state index contributed by atoms with van der Waals surface area (Å²) in [6, 6.07) is 2.25. The Morgan fingerprint density at radius 3 is 2.53 bits per heavy atom. The van der Waals surface area contributed by atoms with Gasteiger partial charge in [-0.2, -0.15) is 11.3 Å². The monoisotopic (exact) mass is 280 g/mol. The number of amides is 1. The Bertz CT molecular complexity index is 383. The van der Waals surface area contributed by atoms with Gasteiger partial charge in [-0.25, -0.2) is 0 Å². The van der Waals surface area contributed by atoms with Gasteiger partial charge in [0, 0.05) is 19.1 Å². The van der Waals surface area contributed by atoms with E-state index in [0.717, 1.165) is 25.9 Å². The van der Waals surface area contributed by atoms with Crippen molar-refractivity contribution in [1.29, 1.82) is 0 Å². The first-order valence-corrected chi connectivity index (χ1v) is 8.19. The lowest BCUT2D eigenvalue weighted by molar-refractivity contribution is -0.133. The molecule has 1 N–H and O–H groups in total. The maximum Gasteiger partial charge on any atom is 0.239 e. The van der Waals surface area contributed by atoms with Crippen LogP contribution in [0.15, 0.2) is 16.8 Å². The molecule has 19 heavy (non-hydrogen) atoms. The summed E-state index contributed by atoms with van der Waals surface area (Å²) in [4.78, 5) is 14.5. The van der Waals surface area contributed by atoms with E-state index in [0.29, 0.717) is 0 Å².